The number of nitrogens with one attached hydrogen (secondary N) is 1. The molecule has 0 unspecified atom stereocenters. The summed E-state index contributed by atoms with van der Waals surface area (Å²) in [6, 6.07) is 2.57. The molecule has 0 radical (unpaired) electrons. The number of hydrogen-bond acceptors (Lipinski definition) is 3. The van der Waals surface area contributed by atoms with Crippen LogP contribution in [0.5, 0.6) is 0 Å². The Balaban J connectivity index is 2.52. The zero-order valence-electron chi connectivity index (χ0n) is 9.15. The van der Waals surface area contributed by atoms with Crippen LogP contribution < -0.4 is 11.1 Å². The summed E-state index contributed by atoms with van der Waals surface area (Å²) < 4.78 is 65.4. The van der Waals surface area contributed by atoms with E-state index in [4.69, 9.17) is 5.73 Å². The van der Waals surface area contributed by atoms with Gasteiger partial charge in [-0.25, -0.2) is 26.9 Å². The second kappa shape index (κ2) is 4.71. The van der Waals surface area contributed by atoms with E-state index < -0.39 is 34.8 Å². The molecule has 0 spiro atoms. The van der Waals surface area contributed by atoms with E-state index >= 15 is 0 Å². The first kappa shape index (κ1) is 13.1. The Morgan fingerprint density at radius 2 is 1.42 bits per heavy atom. The van der Waals surface area contributed by atoms with E-state index in [1.807, 2.05) is 5.32 Å². The molecule has 1 aromatic carbocycles. The van der Waals surface area contributed by atoms with E-state index in [0.29, 0.717) is 0 Å². The van der Waals surface area contributed by atoms with Gasteiger partial charge in [0.15, 0.2) is 23.3 Å². The highest BCUT2D eigenvalue weighted by atomic mass is 19.2. The molecule has 0 fully saturated rings. The molecule has 3 N–H and O–H groups in total. The quantitative estimate of drug-likeness (QED) is 0.503. The molecule has 19 heavy (non-hydrogen) atoms. The summed E-state index contributed by atoms with van der Waals surface area (Å²) in [5.41, 5.74) is 4.42. The van der Waals surface area contributed by atoms with Gasteiger partial charge in [0, 0.05) is 18.0 Å². The van der Waals surface area contributed by atoms with Gasteiger partial charge in [-0.2, -0.15) is 0 Å². The molecule has 2 aromatic rings. The van der Waals surface area contributed by atoms with E-state index in [1.54, 1.807) is 0 Å². The van der Waals surface area contributed by atoms with Gasteiger partial charge in [-0.3, -0.25) is 0 Å². The first-order chi connectivity index (χ1) is 8.91. The lowest BCUT2D eigenvalue weighted by Crippen LogP contribution is -2.07. The van der Waals surface area contributed by atoms with Crippen LogP contribution in [0.25, 0.3) is 0 Å². The van der Waals surface area contributed by atoms with Crippen LogP contribution in [-0.4, -0.2) is 4.98 Å². The van der Waals surface area contributed by atoms with Crippen LogP contribution in [0.2, 0.25) is 0 Å². The molecule has 8 heteroatoms. The fourth-order valence-corrected chi connectivity index (χ4v) is 1.36. The Labute approximate surface area is 103 Å². The molecule has 0 saturated heterocycles. The highest BCUT2D eigenvalue weighted by Crippen LogP contribution is 2.29. The van der Waals surface area contributed by atoms with Crippen molar-refractivity contribution in [1.29, 1.82) is 0 Å². The van der Waals surface area contributed by atoms with Crippen molar-refractivity contribution in [2.45, 2.75) is 0 Å². The number of pyridine rings is 1. The number of anilines is 3. The summed E-state index contributed by atoms with van der Waals surface area (Å²) in [5, 5.41) is 2.00. The number of aromatic nitrogens is 1. The van der Waals surface area contributed by atoms with Crippen LogP contribution in [0.15, 0.2) is 18.3 Å². The predicted octanol–water partition coefficient (Wildman–Crippen LogP) is 3.10. The summed E-state index contributed by atoms with van der Waals surface area (Å²) in [7, 11) is 0. The van der Waals surface area contributed by atoms with Gasteiger partial charge in [-0.1, -0.05) is 0 Å². The van der Waals surface area contributed by atoms with E-state index in [0.717, 1.165) is 0 Å². The molecule has 100 valence electrons. The van der Waals surface area contributed by atoms with Crippen molar-refractivity contribution < 1.29 is 22.0 Å². The standard InChI is InChI=1S/C11H6F5N3/c12-6-7(13)9(15)11(10(16)8(6)14)19-5-3-4(17)1-2-18-5/h1-3H,(H3,17,18,19). The summed E-state index contributed by atoms with van der Waals surface area (Å²) in [5.74, 6) is -10.4. The third kappa shape index (κ3) is 2.28. The molecule has 2 rings (SSSR count). The van der Waals surface area contributed by atoms with E-state index in [-0.39, 0.29) is 11.5 Å². The Kier molecular flexibility index (Phi) is 3.24. The Morgan fingerprint density at radius 3 is 1.95 bits per heavy atom. The number of benzene rings is 1. The molecule has 0 atom stereocenters. The number of halogens is 5. The Morgan fingerprint density at radius 1 is 0.895 bits per heavy atom. The third-order valence-corrected chi connectivity index (χ3v) is 2.25. The van der Waals surface area contributed by atoms with Crippen molar-refractivity contribution in [1.82, 2.24) is 4.98 Å². The van der Waals surface area contributed by atoms with Gasteiger partial charge < -0.3 is 11.1 Å². The molecule has 0 aliphatic carbocycles. The fourth-order valence-electron chi connectivity index (χ4n) is 1.36. The largest absolute Gasteiger partial charge is 0.399 e. The SMILES string of the molecule is Nc1ccnc(Nc2c(F)c(F)c(F)c(F)c2F)c1. The van der Waals surface area contributed by atoms with Crippen LogP contribution in [0.4, 0.5) is 39.1 Å². The molecule has 0 aliphatic rings. The maximum Gasteiger partial charge on any atom is 0.200 e. The van der Waals surface area contributed by atoms with Crippen molar-refractivity contribution in [3.8, 4) is 0 Å². The van der Waals surface area contributed by atoms with Gasteiger partial charge in [0.1, 0.15) is 11.5 Å². The van der Waals surface area contributed by atoms with Crippen LogP contribution >= 0.6 is 0 Å². The monoisotopic (exact) mass is 275 g/mol. The van der Waals surface area contributed by atoms with Crippen molar-refractivity contribution in [3.05, 3.63) is 47.4 Å². The minimum Gasteiger partial charge on any atom is -0.399 e. The molecule has 3 nitrogen and oxygen atoms in total. The van der Waals surface area contributed by atoms with Crippen LogP contribution in [0, 0.1) is 29.1 Å². The van der Waals surface area contributed by atoms with Crippen molar-refractivity contribution in [2.24, 2.45) is 0 Å². The zero-order valence-corrected chi connectivity index (χ0v) is 9.15. The second-order valence-electron chi connectivity index (χ2n) is 3.54. The Hall–Kier alpha value is -2.38. The molecule has 0 bridgehead atoms. The molecule has 0 aliphatic heterocycles. The van der Waals surface area contributed by atoms with Gasteiger partial charge in [0.2, 0.25) is 5.82 Å². The van der Waals surface area contributed by atoms with Gasteiger partial charge >= 0.3 is 0 Å². The smallest absolute Gasteiger partial charge is 0.200 e. The van der Waals surface area contributed by atoms with Gasteiger partial charge in [-0.15, -0.1) is 0 Å². The molecule has 0 amide bonds. The summed E-state index contributed by atoms with van der Waals surface area (Å²) in [4.78, 5) is 3.64. The summed E-state index contributed by atoms with van der Waals surface area (Å²) >= 11 is 0. The topological polar surface area (TPSA) is 50.9 Å². The Bertz CT molecular complexity index is 615. The average Bonchev–Trinajstić information content (AvgIpc) is 2.39. The predicted molar refractivity (Wildman–Crippen MR) is 58.2 cm³/mol. The molecular formula is C11H6F5N3. The maximum absolute atomic E-state index is 13.3. The van der Waals surface area contributed by atoms with Crippen LogP contribution in [-0.2, 0) is 0 Å². The lowest BCUT2D eigenvalue weighted by atomic mass is 10.2. The van der Waals surface area contributed by atoms with E-state index in [1.165, 1.54) is 18.3 Å². The molecule has 0 saturated carbocycles. The van der Waals surface area contributed by atoms with Gasteiger partial charge in [0.05, 0.1) is 0 Å². The van der Waals surface area contributed by atoms with E-state index in [9.17, 15) is 22.0 Å². The molecule has 1 aromatic heterocycles. The first-order valence-corrected chi connectivity index (χ1v) is 4.91. The van der Waals surface area contributed by atoms with Crippen molar-refractivity contribution in [2.75, 3.05) is 11.1 Å². The highest BCUT2D eigenvalue weighted by Gasteiger charge is 2.25. The third-order valence-electron chi connectivity index (χ3n) is 2.25. The summed E-state index contributed by atoms with van der Waals surface area (Å²) in [6.07, 6.45) is 1.21. The maximum atomic E-state index is 13.3. The highest BCUT2D eigenvalue weighted by molar-refractivity contribution is 5.61. The van der Waals surface area contributed by atoms with Crippen LogP contribution in [0.3, 0.4) is 0 Å². The van der Waals surface area contributed by atoms with Gasteiger partial charge in [0.25, 0.3) is 0 Å². The summed E-state index contributed by atoms with van der Waals surface area (Å²) in [6.45, 7) is 0. The van der Waals surface area contributed by atoms with Crippen molar-refractivity contribution >= 4 is 17.2 Å². The fraction of sp³-hybridized carbons (Fsp3) is 0. The van der Waals surface area contributed by atoms with E-state index in [2.05, 4.69) is 4.98 Å². The second-order valence-corrected chi connectivity index (χ2v) is 3.54. The van der Waals surface area contributed by atoms with Crippen molar-refractivity contribution in [3.63, 3.8) is 0 Å². The number of nitrogens with two attached hydrogens (primary N) is 1. The number of hydrogen-bond donors (Lipinski definition) is 2. The number of nitrogens with zero attached hydrogens (tertiary/aromatic N) is 1. The normalized spacial score (nSPS) is 10.6. The first-order valence-electron chi connectivity index (χ1n) is 4.91. The lowest BCUT2D eigenvalue weighted by Gasteiger charge is -2.10. The number of rotatable bonds is 2. The average molecular weight is 275 g/mol. The molecular weight excluding hydrogens is 269 g/mol. The minimum absolute atomic E-state index is 0.150. The zero-order chi connectivity index (χ0) is 14.2. The molecule has 1 heterocycles. The lowest BCUT2D eigenvalue weighted by molar-refractivity contribution is 0.382. The number of nitrogen functional groups attached to an aromatic ring is 1. The van der Waals surface area contributed by atoms with Crippen LogP contribution in [0.1, 0.15) is 0 Å². The van der Waals surface area contributed by atoms with Gasteiger partial charge in [-0.05, 0) is 6.07 Å². The minimum atomic E-state index is -2.22.